The Bertz CT molecular complexity index is 1050. The Balaban J connectivity index is 1.30. The minimum Gasteiger partial charge on any atom is -0.448 e. The molecule has 1 aromatic rings. The highest BCUT2D eigenvalue weighted by atomic mass is 16.6. The molecule has 1 aromatic carbocycles. The first kappa shape index (κ1) is 22.9. The van der Waals surface area contributed by atoms with E-state index in [1.165, 1.54) is 0 Å². The summed E-state index contributed by atoms with van der Waals surface area (Å²) in [6.45, 7) is 11.2. The second-order valence-corrected chi connectivity index (χ2v) is 11.7. The normalized spacial score (nSPS) is 38.4. The highest BCUT2D eigenvalue weighted by Crippen LogP contribution is 2.66. The molecule has 0 unspecified atom stereocenters. The van der Waals surface area contributed by atoms with E-state index in [1.807, 2.05) is 41.5 Å². The molecule has 5 rings (SSSR count). The van der Waals surface area contributed by atoms with Crippen molar-refractivity contribution in [3.63, 3.8) is 0 Å². The number of rotatable bonds is 4. The SMILES string of the molecule is CC1(C)[C@@]2(C(=O)Nc3ccc(OC(=O)[C@]45CC[C@](C)(C(=O)O4)C5(C)C)cc3)CC[C@]1(C)C(=O)O2. The van der Waals surface area contributed by atoms with Gasteiger partial charge in [0.2, 0.25) is 5.60 Å². The van der Waals surface area contributed by atoms with Crippen molar-refractivity contribution >= 4 is 29.5 Å². The van der Waals surface area contributed by atoms with Gasteiger partial charge >= 0.3 is 17.9 Å². The fraction of sp³-hybridized carbons (Fsp3) is 0.615. The zero-order chi connectivity index (χ0) is 24.9. The molecule has 1 N–H and O–H groups in total. The van der Waals surface area contributed by atoms with Crippen molar-refractivity contribution in [3.8, 4) is 5.75 Å². The third-order valence-corrected chi connectivity index (χ3v) is 10.2. The van der Waals surface area contributed by atoms with Crippen LogP contribution < -0.4 is 10.1 Å². The molecule has 8 heteroatoms. The molecule has 0 radical (unpaired) electrons. The number of carbonyl (C=O) groups excluding carboxylic acids is 4. The van der Waals surface area contributed by atoms with Gasteiger partial charge in [-0.05, 0) is 63.8 Å². The molecule has 4 bridgehead atoms. The minimum atomic E-state index is -1.31. The molecular formula is C26H31NO7. The summed E-state index contributed by atoms with van der Waals surface area (Å²) in [5.41, 5.74) is -4.76. The second-order valence-electron chi connectivity index (χ2n) is 11.7. The van der Waals surface area contributed by atoms with Gasteiger partial charge in [-0.1, -0.05) is 27.7 Å². The van der Waals surface area contributed by atoms with E-state index in [0.717, 1.165) is 0 Å². The average molecular weight is 470 g/mol. The van der Waals surface area contributed by atoms with Gasteiger partial charge in [0.05, 0.1) is 10.8 Å². The van der Waals surface area contributed by atoms with Gasteiger partial charge in [-0.2, -0.15) is 0 Å². The summed E-state index contributed by atoms with van der Waals surface area (Å²) in [4.78, 5) is 51.2. The van der Waals surface area contributed by atoms with E-state index >= 15 is 0 Å². The fourth-order valence-electron chi connectivity index (χ4n) is 6.48. The van der Waals surface area contributed by atoms with E-state index < -0.39 is 38.8 Å². The van der Waals surface area contributed by atoms with Gasteiger partial charge in [0.1, 0.15) is 5.75 Å². The maximum atomic E-state index is 13.2. The van der Waals surface area contributed by atoms with Gasteiger partial charge < -0.3 is 19.5 Å². The molecule has 2 aliphatic heterocycles. The Labute approximate surface area is 198 Å². The molecule has 0 spiro atoms. The number of esters is 3. The number of hydrogen-bond acceptors (Lipinski definition) is 7. The number of carbonyl (C=O) groups is 4. The largest absolute Gasteiger partial charge is 0.448 e. The highest BCUT2D eigenvalue weighted by Gasteiger charge is 2.77. The third kappa shape index (κ3) is 2.34. The molecule has 182 valence electrons. The highest BCUT2D eigenvalue weighted by molar-refractivity contribution is 6.03. The van der Waals surface area contributed by atoms with Gasteiger partial charge in [-0.3, -0.25) is 14.4 Å². The van der Waals surface area contributed by atoms with Gasteiger partial charge in [-0.15, -0.1) is 0 Å². The first-order valence-corrected chi connectivity index (χ1v) is 11.8. The molecule has 2 saturated heterocycles. The van der Waals surface area contributed by atoms with Gasteiger partial charge in [-0.25, -0.2) is 4.79 Å². The van der Waals surface area contributed by atoms with Gasteiger partial charge in [0.25, 0.3) is 5.91 Å². The van der Waals surface area contributed by atoms with Crippen LogP contribution in [0.1, 0.15) is 67.2 Å². The lowest BCUT2D eigenvalue weighted by Crippen LogP contribution is -2.50. The van der Waals surface area contributed by atoms with Crippen molar-refractivity contribution in [1.29, 1.82) is 0 Å². The van der Waals surface area contributed by atoms with Crippen LogP contribution in [0.5, 0.6) is 5.75 Å². The molecule has 4 fully saturated rings. The zero-order valence-electron chi connectivity index (χ0n) is 20.5. The average Bonchev–Trinajstić information content (AvgIpc) is 3.23. The van der Waals surface area contributed by atoms with Gasteiger partial charge in [0, 0.05) is 16.5 Å². The summed E-state index contributed by atoms with van der Waals surface area (Å²) in [6.07, 6.45) is 2.06. The quantitative estimate of drug-likeness (QED) is 0.528. The third-order valence-electron chi connectivity index (χ3n) is 10.2. The number of anilines is 1. The topological polar surface area (TPSA) is 108 Å². The number of fused-ring (bicyclic) bond motifs is 4. The maximum Gasteiger partial charge on any atom is 0.356 e. The smallest absolute Gasteiger partial charge is 0.356 e. The number of nitrogens with one attached hydrogen (secondary N) is 1. The zero-order valence-corrected chi connectivity index (χ0v) is 20.5. The van der Waals surface area contributed by atoms with Crippen molar-refractivity contribution in [2.75, 3.05) is 5.32 Å². The molecular weight excluding hydrogens is 438 g/mol. The lowest BCUT2D eigenvalue weighted by molar-refractivity contribution is -0.176. The predicted molar refractivity (Wildman–Crippen MR) is 121 cm³/mol. The van der Waals surface area contributed by atoms with Crippen LogP contribution in [0.25, 0.3) is 0 Å². The van der Waals surface area contributed by atoms with E-state index in [4.69, 9.17) is 14.2 Å². The summed E-state index contributed by atoms with van der Waals surface area (Å²) in [5, 5.41) is 2.85. The lowest BCUT2D eigenvalue weighted by atomic mass is 9.66. The van der Waals surface area contributed by atoms with Crippen LogP contribution >= 0.6 is 0 Å². The number of amides is 1. The summed E-state index contributed by atoms with van der Waals surface area (Å²) >= 11 is 0. The predicted octanol–water partition coefficient (Wildman–Crippen LogP) is 3.77. The Morgan fingerprint density at radius 1 is 0.765 bits per heavy atom. The van der Waals surface area contributed by atoms with E-state index in [2.05, 4.69) is 5.32 Å². The van der Waals surface area contributed by atoms with Crippen molar-refractivity contribution in [2.45, 2.75) is 78.4 Å². The van der Waals surface area contributed by atoms with Gasteiger partial charge in [0.15, 0.2) is 5.60 Å². The van der Waals surface area contributed by atoms with Crippen LogP contribution in [0.3, 0.4) is 0 Å². The van der Waals surface area contributed by atoms with Crippen molar-refractivity contribution in [1.82, 2.24) is 0 Å². The second kappa shape index (κ2) is 6.40. The van der Waals surface area contributed by atoms with Crippen molar-refractivity contribution in [2.24, 2.45) is 21.7 Å². The Morgan fingerprint density at radius 3 is 1.68 bits per heavy atom. The summed E-state index contributed by atoms with van der Waals surface area (Å²) < 4.78 is 16.8. The molecule has 34 heavy (non-hydrogen) atoms. The Kier molecular flexibility index (Phi) is 4.31. The summed E-state index contributed by atoms with van der Waals surface area (Å²) in [6, 6.07) is 6.39. The van der Waals surface area contributed by atoms with E-state index in [-0.39, 0.29) is 23.6 Å². The van der Waals surface area contributed by atoms with Crippen LogP contribution in [0, 0.1) is 21.7 Å². The Morgan fingerprint density at radius 2 is 1.24 bits per heavy atom. The van der Waals surface area contributed by atoms with Crippen LogP contribution in [-0.4, -0.2) is 35.0 Å². The monoisotopic (exact) mass is 469 g/mol. The lowest BCUT2D eigenvalue weighted by Gasteiger charge is -2.35. The van der Waals surface area contributed by atoms with Crippen LogP contribution in [0.2, 0.25) is 0 Å². The molecule has 1 amide bonds. The molecule has 2 heterocycles. The molecule has 2 aliphatic carbocycles. The molecule has 8 nitrogen and oxygen atoms in total. The van der Waals surface area contributed by atoms with Crippen LogP contribution in [0.4, 0.5) is 5.69 Å². The number of ether oxygens (including phenoxy) is 3. The fourth-order valence-corrected chi connectivity index (χ4v) is 6.48. The summed E-state index contributed by atoms with van der Waals surface area (Å²) in [7, 11) is 0. The van der Waals surface area contributed by atoms with E-state index in [1.54, 1.807) is 24.3 Å². The molecule has 4 aliphatic rings. The summed E-state index contributed by atoms with van der Waals surface area (Å²) in [5.74, 6) is -1.37. The number of hydrogen-bond donors (Lipinski definition) is 1. The van der Waals surface area contributed by atoms with Crippen LogP contribution in [0.15, 0.2) is 24.3 Å². The first-order chi connectivity index (χ1) is 15.7. The Hall–Kier alpha value is -2.90. The van der Waals surface area contributed by atoms with E-state index in [0.29, 0.717) is 31.4 Å². The number of benzene rings is 1. The van der Waals surface area contributed by atoms with Crippen molar-refractivity contribution in [3.05, 3.63) is 24.3 Å². The van der Waals surface area contributed by atoms with E-state index in [9.17, 15) is 19.2 Å². The van der Waals surface area contributed by atoms with Crippen molar-refractivity contribution < 1.29 is 33.4 Å². The molecule has 4 atom stereocenters. The van der Waals surface area contributed by atoms with Crippen LogP contribution in [-0.2, 0) is 28.7 Å². The minimum absolute atomic E-state index is 0.281. The maximum absolute atomic E-state index is 13.2. The standard InChI is InChI=1S/C26H31NO7/c1-21(2)23(5)11-13-25(21,33-18(23)29)17(28)27-15-7-9-16(10-8-15)32-20(31)26-14-12-24(6,19(30)34-26)22(26,3)4/h7-10H,11-14H2,1-6H3,(H,27,28)/t23-,24-,25+,26+/m1/s1. The molecule has 2 saturated carbocycles. The first-order valence-electron chi connectivity index (χ1n) is 11.8. The molecule has 0 aromatic heterocycles.